The molecule has 0 aromatic heterocycles. The number of ketones is 1. The van der Waals surface area contributed by atoms with Gasteiger partial charge >= 0.3 is 6.00 Å². The van der Waals surface area contributed by atoms with Crippen LogP contribution >= 0.6 is 33.2 Å². The van der Waals surface area contributed by atoms with E-state index in [-0.39, 0.29) is 5.78 Å². The number of hydroxylamine groups is 2. The SMILES string of the molecule is CCCCCCCCCCCC1(C)CC([Si](Cl)(Cl)Cl)C(=O)C(C)(C)N1O. The Hall–Kier alpha value is 0.677. The van der Waals surface area contributed by atoms with Gasteiger partial charge in [-0.3, -0.25) is 4.79 Å². The third-order valence-electron chi connectivity index (χ3n) is 5.82. The molecule has 1 heterocycles. The first-order valence-corrected chi connectivity index (χ1v) is 15.2. The summed E-state index contributed by atoms with van der Waals surface area (Å²) in [6.45, 7) is 7.67. The van der Waals surface area contributed by atoms with E-state index >= 15 is 0 Å². The Kier molecular flexibility index (Phi) is 9.94. The van der Waals surface area contributed by atoms with E-state index in [1.54, 1.807) is 13.8 Å². The highest BCUT2D eigenvalue weighted by Gasteiger charge is 2.58. The van der Waals surface area contributed by atoms with Crippen molar-refractivity contribution in [1.82, 2.24) is 5.06 Å². The molecule has 1 N–H and O–H groups in total. The number of piperidine rings is 1. The zero-order valence-electron chi connectivity index (χ0n) is 16.8. The predicted molar refractivity (Wildman–Crippen MR) is 115 cm³/mol. The molecule has 1 rings (SSSR count). The Labute approximate surface area is 174 Å². The van der Waals surface area contributed by atoms with Crippen LogP contribution in [0.15, 0.2) is 0 Å². The van der Waals surface area contributed by atoms with E-state index in [2.05, 4.69) is 6.92 Å². The van der Waals surface area contributed by atoms with Gasteiger partial charge < -0.3 is 5.21 Å². The molecule has 0 spiro atoms. The molecule has 1 saturated heterocycles. The van der Waals surface area contributed by atoms with E-state index in [0.717, 1.165) is 19.3 Å². The number of rotatable bonds is 11. The number of hydrogen-bond acceptors (Lipinski definition) is 3. The fourth-order valence-corrected chi connectivity index (χ4v) is 7.02. The molecule has 0 saturated carbocycles. The molecule has 0 amide bonds. The molecule has 0 bridgehead atoms. The van der Waals surface area contributed by atoms with Crippen LogP contribution in [0, 0.1) is 0 Å². The molecule has 0 aromatic rings. The topological polar surface area (TPSA) is 40.5 Å². The van der Waals surface area contributed by atoms with Gasteiger partial charge in [0, 0.05) is 5.54 Å². The third kappa shape index (κ3) is 6.63. The second kappa shape index (κ2) is 10.5. The molecule has 1 aliphatic rings. The minimum Gasteiger partial charge on any atom is -0.313 e. The lowest BCUT2D eigenvalue weighted by Crippen LogP contribution is -2.65. The van der Waals surface area contributed by atoms with Gasteiger partial charge in [-0.1, -0.05) is 64.7 Å². The lowest BCUT2D eigenvalue weighted by molar-refractivity contribution is -0.240. The van der Waals surface area contributed by atoms with Gasteiger partial charge in [0.1, 0.15) is 0 Å². The monoisotopic (exact) mass is 443 g/mol. The fourth-order valence-electron chi connectivity index (χ4n) is 4.11. The highest BCUT2D eigenvalue weighted by molar-refractivity contribution is 7.65. The average molecular weight is 445 g/mol. The Balaban J connectivity index is 2.52. The number of halogens is 3. The quantitative estimate of drug-likeness (QED) is 0.209. The summed E-state index contributed by atoms with van der Waals surface area (Å²) in [6, 6.07) is -3.17. The van der Waals surface area contributed by atoms with Gasteiger partial charge in [0.05, 0.1) is 11.1 Å². The first kappa shape index (κ1) is 24.7. The number of hydrogen-bond donors (Lipinski definition) is 1. The van der Waals surface area contributed by atoms with Crippen molar-refractivity contribution in [2.45, 2.75) is 115 Å². The van der Waals surface area contributed by atoms with E-state index in [0.29, 0.717) is 6.42 Å². The average Bonchev–Trinajstić information content (AvgIpc) is 2.55. The Bertz CT molecular complexity index is 457. The first-order valence-electron chi connectivity index (χ1n) is 10.1. The van der Waals surface area contributed by atoms with Gasteiger partial charge in [-0.2, -0.15) is 5.06 Å². The van der Waals surface area contributed by atoms with Gasteiger partial charge in [0.15, 0.2) is 5.78 Å². The van der Waals surface area contributed by atoms with Crippen molar-refractivity contribution in [2.24, 2.45) is 0 Å². The number of carbonyl (C=O) groups excluding carboxylic acids is 1. The maximum Gasteiger partial charge on any atom is 0.351 e. The molecular formula is C19H36Cl3NO2Si. The van der Waals surface area contributed by atoms with E-state index in [1.807, 2.05) is 6.92 Å². The van der Waals surface area contributed by atoms with Crippen LogP contribution in [0.3, 0.4) is 0 Å². The Morgan fingerprint density at radius 1 is 1.00 bits per heavy atom. The molecule has 3 nitrogen and oxygen atoms in total. The number of unbranched alkanes of at least 4 members (excludes halogenated alkanes) is 8. The summed E-state index contributed by atoms with van der Waals surface area (Å²) in [4.78, 5) is 12.7. The van der Waals surface area contributed by atoms with E-state index in [9.17, 15) is 10.0 Å². The van der Waals surface area contributed by atoms with Crippen LogP contribution in [0.25, 0.3) is 0 Å². The second-order valence-corrected chi connectivity index (χ2v) is 17.5. The predicted octanol–water partition coefficient (Wildman–Crippen LogP) is 7.13. The number of Topliss-reactive ketones (excluding diaryl/α,β-unsaturated/α-hetero) is 1. The summed E-state index contributed by atoms with van der Waals surface area (Å²) in [5, 5.41) is 12.0. The van der Waals surface area contributed by atoms with Gasteiger partial charge in [-0.05, 0) is 33.6 Å². The molecule has 2 unspecified atom stereocenters. The molecule has 26 heavy (non-hydrogen) atoms. The van der Waals surface area contributed by atoms with Crippen LogP contribution < -0.4 is 0 Å². The maximum absolute atomic E-state index is 12.7. The highest BCUT2D eigenvalue weighted by atomic mass is 35.8. The minimum atomic E-state index is -3.17. The van der Waals surface area contributed by atoms with Crippen LogP contribution in [0.2, 0.25) is 5.54 Å². The van der Waals surface area contributed by atoms with Crippen molar-refractivity contribution in [3.63, 3.8) is 0 Å². The summed E-state index contributed by atoms with van der Waals surface area (Å²) in [6.07, 6.45) is 12.5. The molecule has 0 aromatic carbocycles. The summed E-state index contributed by atoms with van der Waals surface area (Å²) in [7, 11) is 0. The van der Waals surface area contributed by atoms with Crippen LogP contribution in [0.5, 0.6) is 0 Å². The van der Waals surface area contributed by atoms with E-state index in [4.69, 9.17) is 33.2 Å². The van der Waals surface area contributed by atoms with Crippen LogP contribution in [-0.4, -0.2) is 33.1 Å². The minimum absolute atomic E-state index is 0.156. The smallest absolute Gasteiger partial charge is 0.313 e. The largest absolute Gasteiger partial charge is 0.351 e. The molecule has 1 aliphatic heterocycles. The van der Waals surface area contributed by atoms with Crippen molar-refractivity contribution in [2.75, 3.05) is 0 Å². The Morgan fingerprint density at radius 2 is 1.46 bits per heavy atom. The van der Waals surface area contributed by atoms with Crippen molar-refractivity contribution < 1.29 is 10.0 Å². The maximum atomic E-state index is 12.7. The highest BCUT2D eigenvalue weighted by Crippen LogP contribution is 2.50. The zero-order valence-corrected chi connectivity index (χ0v) is 20.1. The Morgan fingerprint density at radius 3 is 1.92 bits per heavy atom. The van der Waals surface area contributed by atoms with Crippen molar-refractivity contribution in [3.8, 4) is 0 Å². The number of carbonyl (C=O) groups is 1. The number of nitrogens with zero attached hydrogens (tertiary/aromatic N) is 1. The molecule has 1 fully saturated rings. The zero-order chi connectivity index (χ0) is 20.0. The molecule has 0 radical (unpaired) electrons. The molecule has 0 aliphatic carbocycles. The molecular weight excluding hydrogens is 409 g/mol. The summed E-state index contributed by atoms with van der Waals surface area (Å²) in [5.41, 5.74) is -2.11. The first-order chi connectivity index (χ1) is 12.0. The second-order valence-electron chi connectivity index (χ2n) is 8.61. The van der Waals surface area contributed by atoms with Gasteiger partial charge in [-0.25, -0.2) is 0 Å². The van der Waals surface area contributed by atoms with Gasteiger partial charge in [0.25, 0.3) is 0 Å². The third-order valence-corrected chi connectivity index (χ3v) is 9.45. The lowest BCUT2D eigenvalue weighted by Gasteiger charge is -2.52. The van der Waals surface area contributed by atoms with Crippen LogP contribution in [0.1, 0.15) is 98.3 Å². The molecule has 7 heteroatoms. The summed E-state index contributed by atoms with van der Waals surface area (Å²) >= 11 is 18.6. The lowest BCUT2D eigenvalue weighted by atomic mass is 9.77. The summed E-state index contributed by atoms with van der Waals surface area (Å²) < 4.78 is 0. The molecule has 2 atom stereocenters. The standard InChI is InChI=1S/C19H36Cl3NO2Si/c1-5-6-7-8-9-10-11-12-13-14-19(4)15-16(26(20,21)22)17(24)18(2,3)23(19)25/h16,25H,5-15H2,1-4H3. The molecule has 154 valence electrons. The van der Waals surface area contributed by atoms with Crippen molar-refractivity contribution >= 4 is 45.0 Å². The van der Waals surface area contributed by atoms with Gasteiger partial charge in [0.2, 0.25) is 0 Å². The van der Waals surface area contributed by atoms with E-state index in [1.165, 1.54) is 50.0 Å². The summed E-state index contributed by atoms with van der Waals surface area (Å²) in [5.74, 6) is -0.156. The van der Waals surface area contributed by atoms with Gasteiger partial charge in [-0.15, -0.1) is 33.2 Å². The normalized spacial score (nSPS) is 27.1. The fraction of sp³-hybridized carbons (Fsp3) is 0.947. The van der Waals surface area contributed by atoms with Crippen molar-refractivity contribution in [3.05, 3.63) is 0 Å². The van der Waals surface area contributed by atoms with E-state index < -0.39 is 22.6 Å². The van der Waals surface area contributed by atoms with Crippen LogP contribution in [0.4, 0.5) is 0 Å². The van der Waals surface area contributed by atoms with Crippen molar-refractivity contribution in [1.29, 1.82) is 0 Å². The van der Waals surface area contributed by atoms with Crippen LogP contribution in [-0.2, 0) is 4.79 Å².